The van der Waals surface area contributed by atoms with Crippen molar-refractivity contribution in [1.82, 2.24) is 0 Å². The van der Waals surface area contributed by atoms with Crippen LogP contribution >= 0.6 is 0 Å². The molecule has 1 unspecified atom stereocenters. The van der Waals surface area contributed by atoms with Crippen molar-refractivity contribution in [2.24, 2.45) is 5.41 Å². The van der Waals surface area contributed by atoms with Crippen LogP contribution in [0.25, 0.3) is 0 Å². The molecule has 1 N–H and O–H groups in total. The Morgan fingerprint density at radius 2 is 1.94 bits per heavy atom. The Labute approximate surface area is 96.2 Å². The number of ether oxygens (including phenoxy) is 1. The molecule has 1 heterocycles. The number of benzene rings is 1. The number of rotatable bonds is 1. The molecule has 0 spiro atoms. The Balaban J connectivity index is 2.00. The van der Waals surface area contributed by atoms with Gasteiger partial charge in [0.1, 0.15) is 11.4 Å². The van der Waals surface area contributed by atoms with Gasteiger partial charge in [-0.05, 0) is 25.8 Å². The molecule has 2 aliphatic rings. The second kappa shape index (κ2) is 3.01. The van der Waals surface area contributed by atoms with E-state index in [0.717, 1.165) is 11.3 Å². The average molecular weight is 218 g/mol. The number of aliphatic hydroxyl groups is 1. The van der Waals surface area contributed by atoms with Gasteiger partial charge in [0.15, 0.2) is 0 Å². The first-order chi connectivity index (χ1) is 7.54. The highest BCUT2D eigenvalue weighted by Gasteiger charge is 2.57. The van der Waals surface area contributed by atoms with Gasteiger partial charge in [-0.2, -0.15) is 0 Å². The molecule has 1 aromatic rings. The van der Waals surface area contributed by atoms with E-state index < -0.39 is 0 Å². The van der Waals surface area contributed by atoms with E-state index in [0.29, 0.717) is 6.42 Å². The Kier molecular flexibility index (Phi) is 1.91. The van der Waals surface area contributed by atoms with Crippen LogP contribution in [0.4, 0.5) is 0 Å². The van der Waals surface area contributed by atoms with E-state index in [1.165, 1.54) is 12.8 Å². The highest BCUT2D eigenvalue weighted by atomic mass is 16.5. The summed E-state index contributed by atoms with van der Waals surface area (Å²) in [5, 5.41) is 10.2. The first-order valence-electron chi connectivity index (χ1n) is 6.00. The van der Waals surface area contributed by atoms with E-state index in [4.69, 9.17) is 4.74 Å². The second-order valence-electron chi connectivity index (χ2n) is 5.65. The zero-order valence-electron chi connectivity index (χ0n) is 9.86. The van der Waals surface area contributed by atoms with Crippen molar-refractivity contribution in [2.45, 2.75) is 44.8 Å². The van der Waals surface area contributed by atoms with Crippen LogP contribution in [-0.2, 0) is 0 Å². The zero-order valence-corrected chi connectivity index (χ0v) is 9.86. The Bertz CT molecular complexity index is 422. The molecule has 1 aromatic carbocycles. The van der Waals surface area contributed by atoms with Crippen LogP contribution in [-0.4, -0.2) is 10.7 Å². The monoisotopic (exact) mass is 218 g/mol. The first kappa shape index (κ1) is 10.2. The van der Waals surface area contributed by atoms with Gasteiger partial charge in [-0.1, -0.05) is 25.1 Å². The third kappa shape index (κ3) is 1.29. The molecule has 2 atom stereocenters. The minimum atomic E-state index is -0.382. The van der Waals surface area contributed by atoms with Gasteiger partial charge in [0.05, 0.1) is 6.10 Å². The summed E-state index contributed by atoms with van der Waals surface area (Å²) >= 11 is 0. The molecule has 1 saturated carbocycles. The standard InChI is InChI=1S/C14H18O2/c1-13(7-8-13)14(2)9-11(15)10-5-3-4-6-12(10)16-14/h3-6,11,15H,7-9H2,1-2H3/t11-,14?/m0/s1. The summed E-state index contributed by atoms with van der Waals surface area (Å²) in [5.41, 5.74) is 0.978. The fraction of sp³-hybridized carbons (Fsp3) is 0.571. The van der Waals surface area contributed by atoms with Gasteiger partial charge in [0.2, 0.25) is 0 Å². The molecule has 16 heavy (non-hydrogen) atoms. The number of fused-ring (bicyclic) bond motifs is 1. The zero-order chi connectivity index (χ0) is 11.4. The molecule has 0 aromatic heterocycles. The molecule has 0 bridgehead atoms. The minimum absolute atomic E-state index is 0.208. The summed E-state index contributed by atoms with van der Waals surface area (Å²) in [6.07, 6.45) is 2.74. The van der Waals surface area contributed by atoms with Crippen LogP contribution in [0.15, 0.2) is 24.3 Å². The smallest absolute Gasteiger partial charge is 0.125 e. The fourth-order valence-electron chi connectivity index (χ4n) is 2.70. The van der Waals surface area contributed by atoms with Gasteiger partial charge in [-0.15, -0.1) is 0 Å². The maximum Gasteiger partial charge on any atom is 0.125 e. The average Bonchev–Trinajstić information content (AvgIpc) is 2.98. The van der Waals surface area contributed by atoms with Gasteiger partial charge in [-0.25, -0.2) is 0 Å². The number of aliphatic hydroxyl groups excluding tert-OH is 1. The van der Waals surface area contributed by atoms with E-state index in [9.17, 15) is 5.11 Å². The highest BCUT2D eigenvalue weighted by molar-refractivity contribution is 5.38. The van der Waals surface area contributed by atoms with Gasteiger partial charge in [0.25, 0.3) is 0 Å². The molecule has 2 heteroatoms. The normalized spacial score (nSPS) is 35.1. The lowest BCUT2D eigenvalue weighted by molar-refractivity contribution is -0.0472. The number of hydrogen-bond donors (Lipinski definition) is 1. The van der Waals surface area contributed by atoms with E-state index >= 15 is 0 Å². The predicted molar refractivity (Wildman–Crippen MR) is 62.4 cm³/mol. The summed E-state index contributed by atoms with van der Waals surface area (Å²) < 4.78 is 6.16. The van der Waals surface area contributed by atoms with Crippen molar-refractivity contribution in [1.29, 1.82) is 0 Å². The maximum atomic E-state index is 10.2. The Morgan fingerprint density at radius 1 is 1.25 bits per heavy atom. The molecule has 1 aliphatic heterocycles. The molecule has 1 aliphatic carbocycles. The Morgan fingerprint density at radius 3 is 2.62 bits per heavy atom. The highest BCUT2D eigenvalue weighted by Crippen LogP contribution is 2.59. The largest absolute Gasteiger partial charge is 0.487 e. The third-order valence-corrected chi connectivity index (χ3v) is 4.47. The van der Waals surface area contributed by atoms with E-state index in [2.05, 4.69) is 13.8 Å². The van der Waals surface area contributed by atoms with Gasteiger partial charge in [0, 0.05) is 17.4 Å². The lowest BCUT2D eigenvalue weighted by Crippen LogP contribution is -2.45. The summed E-state index contributed by atoms with van der Waals surface area (Å²) in [5.74, 6) is 0.858. The van der Waals surface area contributed by atoms with E-state index in [1.54, 1.807) is 0 Å². The van der Waals surface area contributed by atoms with Crippen molar-refractivity contribution in [3.8, 4) is 5.75 Å². The molecular weight excluding hydrogens is 200 g/mol. The maximum absolute atomic E-state index is 10.2. The van der Waals surface area contributed by atoms with Crippen molar-refractivity contribution < 1.29 is 9.84 Å². The molecule has 1 fully saturated rings. The second-order valence-corrected chi connectivity index (χ2v) is 5.65. The lowest BCUT2D eigenvalue weighted by atomic mass is 9.79. The summed E-state index contributed by atoms with van der Waals surface area (Å²) in [7, 11) is 0. The summed E-state index contributed by atoms with van der Waals surface area (Å²) in [6.45, 7) is 4.40. The van der Waals surface area contributed by atoms with Gasteiger partial charge >= 0.3 is 0 Å². The molecule has 0 amide bonds. The third-order valence-electron chi connectivity index (χ3n) is 4.47. The molecule has 3 rings (SSSR count). The minimum Gasteiger partial charge on any atom is -0.487 e. The van der Waals surface area contributed by atoms with Crippen molar-refractivity contribution in [3.63, 3.8) is 0 Å². The number of hydrogen-bond acceptors (Lipinski definition) is 2. The lowest BCUT2D eigenvalue weighted by Gasteiger charge is -2.42. The van der Waals surface area contributed by atoms with Crippen LogP contribution < -0.4 is 4.74 Å². The molecule has 2 nitrogen and oxygen atoms in total. The molecular formula is C14H18O2. The van der Waals surface area contributed by atoms with Crippen molar-refractivity contribution in [2.75, 3.05) is 0 Å². The fourth-order valence-corrected chi connectivity index (χ4v) is 2.70. The van der Waals surface area contributed by atoms with Crippen LogP contribution in [0.5, 0.6) is 5.75 Å². The summed E-state index contributed by atoms with van der Waals surface area (Å²) in [6, 6.07) is 7.83. The van der Waals surface area contributed by atoms with Crippen LogP contribution in [0.1, 0.15) is 44.8 Å². The van der Waals surface area contributed by atoms with E-state index in [-0.39, 0.29) is 17.1 Å². The van der Waals surface area contributed by atoms with Crippen molar-refractivity contribution in [3.05, 3.63) is 29.8 Å². The van der Waals surface area contributed by atoms with Crippen LogP contribution in [0.3, 0.4) is 0 Å². The molecule has 0 saturated heterocycles. The molecule has 0 radical (unpaired) electrons. The number of para-hydroxylation sites is 1. The first-order valence-corrected chi connectivity index (χ1v) is 6.00. The Hall–Kier alpha value is -1.02. The van der Waals surface area contributed by atoms with Crippen molar-refractivity contribution >= 4 is 0 Å². The SMILES string of the molecule is CC1(C2(C)C[C@H](O)c3ccccc3O2)CC1. The van der Waals surface area contributed by atoms with Gasteiger partial charge < -0.3 is 9.84 Å². The summed E-state index contributed by atoms with van der Waals surface area (Å²) in [4.78, 5) is 0. The quantitative estimate of drug-likeness (QED) is 0.785. The predicted octanol–water partition coefficient (Wildman–Crippen LogP) is 3.06. The van der Waals surface area contributed by atoms with Crippen LogP contribution in [0, 0.1) is 5.41 Å². The van der Waals surface area contributed by atoms with Gasteiger partial charge in [-0.3, -0.25) is 0 Å². The molecule has 86 valence electrons. The van der Waals surface area contributed by atoms with Crippen LogP contribution in [0.2, 0.25) is 0 Å². The topological polar surface area (TPSA) is 29.5 Å². The van der Waals surface area contributed by atoms with E-state index in [1.807, 2.05) is 24.3 Å².